The maximum absolute atomic E-state index is 8.86. The van der Waals surface area contributed by atoms with Gasteiger partial charge in [-0.05, 0) is 37.3 Å². The van der Waals surface area contributed by atoms with Gasteiger partial charge in [0.25, 0.3) is 0 Å². The highest BCUT2D eigenvalue weighted by Crippen LogP contribution is 2.20. The van der Waals surface area contributed by atoms with E-state index in [1.165, 1.54) is 5.56 Å². The molecule has 2 rings (SSSR count). The fourth-order valence-electron chi connectivity index (χ4n) is 1.84. The topological polar surface area (TPSA) is 45.5 Å². The van der Waals surface area contributed by atoms with Crippen molar-refractivity contribution in [1.82, 2.24) is 4.98 Å². The highest BCUT2D eigenvalue weighted by Gasteiger charge is 2.17. The Kier molecular flexibility index (Phi) is 2.48. The zero-order valence-electron chi connectivity index (χ0n) is 8.32. The number of aromatic nitrogens is 1. The quantitative estimate of drug-likeness (QED) is 0.544. The SMILES string of the molecule is CCc1cnc2c(c1)/C(=N/O)CCC2. The van der Waals surface area contributed by atoms with Gasteiger partial charge in [-0.1, -0.05) is 12.1 Å². The molecule has 74 valence electrons. The molecule has 0 atom stereocenters. The summed E-state index contributed by atoms with van der Waals surface area (Å²) in [5, 5.41) is 12.2. The van der Waals surface area contributed by atoms with Crippen molar-refractivity contribution in [3.8, 4) is 0 Å². The molecule has 0 fully saturated rings. The molecule has 0 amide bonds. The van der Waals surface area contributed by atoms with Crippen molar-refractivity contribution in [2.75, 3.05) is 0 Å². The van der Waals surface area contributed by atoms with E-state index in [2.05, 4.69) is 23.1 Å². The van der Waals surface area contributed by atoms with Crippen LogP contribution in [-0.4, -0.2) is 15.9 Å². The minimum absolute atomic E-state index is 0.786. The minimum Gasteiger partial charge on any atom is -0.411 e. The molecule has 1 aromatic rings. The summed E-state index contributed by atoms with van der Waals surface area (Å²) in [6.07, 6.45) is 5.78. The van der Waals surface area contributed by atoms with Crippen molar-refractivity contribution >= 4 is 5.71 Å². The number of pyridine rings is 1. The number of oxime groups is 1. The first kappa shape index (κ1) is 9.19. The largest absolute Gasteiger partial charge is 0.411 e. The molecule has 0 saturated carbocycles. The van der Waals surface area contributed by atoms with Crippen LogP contribution in [0, 0.1) is 0 Å². The maximum atomic E-state index is 8.86. The van der Waals surface area contributed by atoms with Crippen LogP contribution in [0.2, 0.25) is 0 Å². The van der Waals surface area contributed by atoms with Gasteiger partial charge in [0.2, 0.25) is 0 Å². The van der Waals surface area contributed by atoms with E-state index in [9.17, 15) is 0 Å². The average molecular weight is 190 g/mol. The summed E-state index contributed by atoms with van der Waals surface area (Å²) in [5.74, 6) is 0. The number of hydrogen-bond donors (Lipinski definition) is 1. The van der Waals surface area contributed by atoms with Crippen LogP contribution in [0.3, 0.4) is 0 Å². The van der Waals surface area contributed by atoms with Crippen LogP contribution >= 0.6 is 0 Å². The Balaban J connectivity index is 2.49. The van der Waals surface area contributed by atoms with E-state index in [4.69, 9.17) is 5.21 Å². The van der Waals surface area contributed by atoms with Crippen LogP contribution in [0.15, 0.2) is 17.4 Å². The van der Waals surface area contributed by atoms with Gasteiger partial charge in [0.15, 0.2) is 0 Å². The Labute approximate surface area is 83.5 Å². The summed E-state index contributed by atoms with van der Waals surface area (Å²) >= 11 is 0. The lowest BCUT2D eigenvalue weighted by molar-refractivity contribution is 0.317. The first-order chi connectivity index (χ1) is 6.85. The lowest BCUT2D eigenvalue weighted by Gasteiger charge is -2.16. The standard InChI is InChI=1S/C11H14N2O/c1-2-8-6-9-10(12-7-8)4-3-5-11(9)13-14/h6-7,14H,2-5H2,1H3/b13-11+. The van der Waals surface area contributed by atoms with Crippen LogP contribution in [0.4, 0.5) is 0 Å². The molecule has 1 N–H and O–H groups in total. The molecular formula is C11H14N2O. The molecule has 0 bridgehead atoms. The highest BCUT2D eigenvalue weighted by atomic mass is 16.4. The van der Waals surface area contributed by atoms with Gasteiger partial charge in [-0.25, -0.2) is 0 Å². The zero-order valence-corrected chi connectivity index (χ0v) is 8.32. The molecule has 14 heavy (non-hydrogen) atoms. The van der Waals surface area contributed by atoms with E-state index in [0.717, 1.165) is 42.7 Å². The van der Waals surface area contributed by atoms with E-state index in [1.54, 1.807) is 0 Å². The van der Waals surface area contributed by atoms with Gasteiger partial charge in [-0.15, -0.1) is 0 Å². The molecule has 1 aromatic heterocycles. The van der Waals surface area contributed by atoms with Crippen molar-refractivity contribution in [3.05, 3.63) is 29.1 Å². The summed E-state index contributed by atoms with van der Waals surface area (Å²) in [4.78, 5) is 4.40. The summed E-state index contributed by atoms with van der Waals surface area (Å²) in [5.41, 5.74) is 4.10. The van der Waals surface area contributed by atoms with E-state index in [0.29, 0.717) is 0 Å². The Morgan fingerprint density at radius 1 is 1.50 bits per heavy atom. The minimum atomic E-state index is 0.786. The normalized spacial score (nSPS) is 18.2. The summed E-state index contributed by atoms with van der Waals surface area (Å²) < 4.78 is 0. The summed E-state index contributed by atoms with van der Waals surface area (Å²) in [7, 11) is 0. The fraction of sp³-hybridized carbons (Fsp3) is 0.455. The van der Waals surface area contributed by atoms with E-state index >= 15 is 0 Å². The molecule has 3 heteroatoms. The Hall–Kier alpha value is -1.38. The molecule has 0 aliphatic heterocycles. The number of nitrogens with zero attached hydrogens (tertiary/aromatic N) is 2. The van der Waals surface area contributed by atoms with E-state index < -0.39 is 0 Å². The smallest absolute Gasteiger partial charge is 0.0886 e. The maximum Gasteiger partial charge on any atom is 0.0886 e. The van der Waals surface area contributed by atoms with Gasteiger partial charge < -0.3 is 5.21 Å². The predicted octanol–water partition coefficient (Wildman–Crippen LogP) is 2.16. The molecule has 0 unspecified atom stereocenters. The van der Waals surface area contributed by atoms with Gasteiger partial charge in [-0.2, -0.15) is 0 Å². The molecule has 1 heterocycles. The average Bonchev–Trinajstić information content (AvgIpc) is 2.27. The second-order valence-corrected chi connectivity index (χ2v) is 3.59. The van der Waals surface area contributed by atoms with Crippen molar-refractivity contribution in [1.29, 1.82) is 0 Å². The molecule has 0 aromatic carbocycles. The second kappa shape index (κ2) is 3.78. The lowest BCUT2D eigenvalue weighted by atomic mass is 9.93. The lowest BCUT2D eigenvalue weighted by Crippen LogP contribution is -2.14. The number of rotatable bonds is 1. The molecule has 0 saturated heterocycles. The number of aryl methyl sites for hydroxylation is 2. The van der Waals surface area contributed by atoms with Crippen molar-refractivity contribution in [2.24, 2.45) is 5.16 Å². The van der Waals surface area contributed by atoms with Crippen LogP contribution in [0.25, 0.3) is 0 Å². The van der Waals surface area contributed by atoms with Gasteiger partial charge in [0.1, 0.15) is 0 Å². The van der Waals surface area contributed by atoms with Crippen molar-refractivity contribution < 1.29 is 5.21 Å². The first-order valence-corrected chi connectivity index (χ1v) is 5.04. The van der Waals surface area contributed by atoms with Crippen LogP contribution in [-0.2, 0) is 12.8 Å². The van der Waals surface area contributed by atoms with Crippen LogP contribution in [0.1, 0.15) is 36.6 Å². The second-order valence-electron chi connectivity index (χ2n) is 3.59. The predicted molar refractivity (Wildman–Crippen MR) is 54.9 cm³/mol. The molecule has 0 radical (unpaired) electrons. The molecule has 1 aliphatic carbocycles. The first-order valence-electron chi connectivity index (χ1n) is 5.04. The Morgan fingerprint density at radius 3 is 3.07 bits per heavy atom. The highest BCUT2D eigenvalue weighted by molar-refractivity contribution is 6.02. The Bertz CT molecular complexity index is 372. The van der Waals surface area contributed by atoms with Crippen LogP contribution in [0.5, 0.6) is 0 Å². The summed E-state index contributed by atoms with van der Waals surface area (Å²) in [6, 6.07) is 2.09. The molecule has 1 aliphatic rings. The van der Waals surface area contributed by atoms with Crippen LogP contribution < -0.4 is 0 Å². The van der Waals surface area contributed by atoms with E-state index in [-0.39, 0.29) is 0 Å². The summed E-state index contributed by atoms with van der Waals surface area (Å²) in [6.45, 7) is 2.10. The fourth-order valence-corrected chi connectivity index (χ4v) is 1.84. The van der Waals surface area contributed by atoms with Gasteiger partial charge in [-0.3, -0.25) is 4.98 Å². The van der Waals surface area contributed by atoms with Gasteiger partial charge >= 0.3 is 0 Å². The number of fused-ring (bicyclic) bond motifs is 1. The third-order valence-corrected chi connectivity index (χ3v) is 2.69. The third kappa shape index (κ3) is 1.50. The molecular weight excluding hydrogens is 176 g/mol. The third-order valence-electron chi connectivity index (χ3n) is 2.69. The zero-order chi connectivity index (χ0) is 9.97. The van der Waals surface area contributed by atoms with E-state index in [1.807, 2.05) is 6.20 Å². The van der Waals surface area contributed by atoms with Gasteiger partial charge in [0, 0.05) is 17.5 Å². The molecule has 0 spiro atoms. The molecule has 3 nitrogen and oxygen atoms in total. The Morgan fingerprint density at radius 2 is 2.36 bits per heavy atom. The van der Waals surface area contributed by atoms with Crippen molar-refractivity contribution in [3.63, 3.8) is 0 Å². The van der Waals surface area contributed by atoms with Crippen molar-refractivity contribution in [2.45, 2.75) is 32.6 Å². The number of hydrogen-bond acceptors (Lipinski definition) is 3. The monoisotopic (exact) mass is 190 g/mol. The van der Waals surface area contributed by atoms with Gasteiger partial charge in [0.05, 0.1) is 5.71 Å².